The predicted octanol–water partition coefficient (Wildman–Crippen LogP) is 2.79. The van der Waals surface area contributed by atoms with Crippen LogP contribution in [0.2, 0.25) is 0 Å². The lowest BCUT2D eigenvalue weighted by Crippen LogP contribution is -2.15. The number of para-hydroxylation sites is 2. The molecule has 3 aromatic rings. The molecule has 2 aromatic carbocycles. The van der Waals surface area contributed by atoms with Crippen molar-refractivity contribution < 1.29 is 8.78 Å². The van der Waals surface area contributed by atoms with Gasteiger partial charge in [-0.15, -0.1) is 0 Å². The van der Waals surface area contributed by atoms with Crippen molar-refractivity contribution in [1.82, 2.24) is 9.97 Å². The molecule has 1 aromatic heterocycles. The topological polar surface area (TPSA) is 45.8 Å². The molecular formula is C15H10F2N2O. The van der Waals surface area contributed by atoms with Crippen molar-refractivity contribution in [2.45, 2.75) is 6.42 Å². The van der Waals surface area contributed by atoms with Crippen LogP contribution in [0.1, 0.15) is 11.3 Å². The first kappa shape index (κ1) is 12.5. The third-order valence-corrected chi connectivity index (χ3v) is 3.03. The molecule has 0 amide bonds. The van der Waals surface area contributed by atoms with Gasteiger partial charge in [-0.2, -0.15) is 0 Å². The van der Waals surface area contributed by atoms with Gasteiger partial charge in [-0.3, -0.25) is 4.79 Å². The smallest absolute Gasteiger partial charge is 0.270 e. The van der Waals surface area contributed by atoms with Gasteiger partial charge in [-0.1, -0.05) is 18.2 Å². The number of nitrogens with one attached hydrogen (secondary N) is 1. The van der Waals surface area contributed by atoms with Crippen LogP contribution in [0.15, 0.2) is 47.3 Å². The van der Waals surface area contributed by atoms with Crippen molar-refractivity contribution in [3.8, 4) is 0 Å². The molecular weight excluding hydrogens is 262 g/mol. The maximum atomic E-state index is 13.2. The van der Waals surface area contributed by atoms with Crippen molar-refractivity contribution in [3.63, 3.8) is 0 Å². The molecule has 1 heterocycles. The molecule has 0 radical (unpaired) electrons. The first-order valence-corrected chi connectivity index (χ1v) is 6.05. The van der Waals surface area contributed by atoms with E-state index in [2.05, 4.69) is 9.97 Å². The Hall–Kier alpha value is -2.56. The monoisotopic (exact) mass is 272 g/mol. The quantitative estimate of drug-likeness (QED) is 0.779. The summed E-state index contributed by atoms with van der Waals surface area (Å²) in [5.74, 6) is -1.84. The first-order valence-electron chi connectivity index (χ1n) is 6.05. The third-order valence-electron chi connectivity index (χ3n) is 3.03. The molecule has 0 aliphatic carbocycles. The van der Waals surface area contributed by atoms with Gasteiger partial charge in [0.25, 0.3) is 5.56 Å². The molecule has 0 saturated carbocycles. The van der Waals surface area contributed by atoms with Crippen LogP contribution in [0, 0.1) is 11.6 Å². The molecule has 1 N–H and O–H groups in total. The Bertz CT molecular complexity index is 843. The summed E-state index contributed by atoms with van der Waals surface area (Å²) in [6.07, 6.45) is 0.150. The maximum Gasteiger partial charge on any atom is 0.270 e. The summed E-state index contributed by atoms with van der Waals surface area (Å²) >= 11 is 0. The molecule has 20 heavy (non-hydrogen) atoms. The fourth-order valence-corrected chi connectivity index (χ4v) is 2.03. The molecule has 0 aliphatic heterocycles. The van der Waals surface area contributed by atoms with Crippen LogP contribution in [-0.4, -0.2) is 9.97 Å². The average molecular weight is 272 g/mol. The summed E-state index contributed by atoms with van der Waals surface area (Å²) in [6.45, 7) is 0. The summed E-state index contributed by atoms with van der Waals surface area (Å²) in [6, 6.07) is 10.7. The van der Waals surface area contributed by atoms with E-state index in [4.69, 9.17) is 0 Å². The van der Waals surface area contributed by atoms with Gasteiger partial charge in [0.2, 0.25) is 0 Å². The molecule has 0 aliphatic rings. The van der Waals surface area contributed by atoms with E-state index in [-0.39, 0.29) is 17.7 Å². The van der Waals surface area contributed by atoms with Crippen LogP contribution in [0.3, 0.4) is 0 Å². The molecule has 100 valence electrons. The van der Waals surface area contributed by atoms with E-state index in [1.165, 1.54) is 6.07 Å². The van der Waals surface area contributed by atoms with E-state index < -0.39 is 11.6 Å². The summed E-state index contributed by atoms with van der Waals surface area (Å²) in [7, 11) is 0. The normalized spacial score (nSPS) is 10.9. The lowest BCUT2D eigenvalue weighted by Gasteiger charge is -2.03. The minimum Gasteiger partial charge on any atom is -0.319 e. The zero-order chi connectivity index (χ0) is 14.1. The van der Waals surface area contributed by atoms with Crippen LogP contribution in [0.25, 0.3) is 11.0 Å². The van der Waals surface area contributed by atoms with Crippen LogP contribution < -0.4 is 5.56 Å². The van der Waals surface area contributed by atoms with Crippen molar-refractivity contribution in [3.05, 3.63) is 75.7 Å². The number of nitrogens with zero attached hydrogens (tertiary/aromatic N) is 1. The lowest BCUT2D eigenvalue weighted by atomic mass is 10.1. The second kappa shape index (κ2) is 4.85. The number of fused-ring (bicyclic) bond motifs is 1. The summed E-state index contributed by atoms with van der Waals surface area (Å²) in [5, 5.41) is 0. The van der Waals surface area contributed by atoms with Gasteiger partial charge in [0, 0.05) is 6.42 Å². The number of aromatic nitrogens is 2. The zero-order valence-corrected chi connectivity index (χ0v) is 10.4. The highest BCUT2D eigenvalue weighted by Crippen LogP contribution is 2.12. The minimum absolute atomic E-state index is 0.150. The number of rotatable bonds is 2. The third kappa shape index (κ3) is 2.30. The lowest BCUT2D eigenvalue weighted by molar-refractivity contribution is 0.507. The van der Waals surface area contributed by atoms with E-state index in [1.54, 1.807) is 18.2 Å². The largest absolute Gasteiger partial charge is 0.319 e. The molecule has 5 heteroatoms. The van der Waals surface area contributed by atoms with Gasteiger partial charge in [-0.25, -0.2) is 13.8 Å². The van der Waals surface area contributed by atoms with E-state index in [0.717, 1.165) is 12.1 Å². The van der Waals surface area contributed by atoms with Crippen LogP contribution >= 0.6 is 0 Å². The van der Waals surface area contributed by atoms with Gasteiger partial charge < -0.3 is 4.98 Å². The molecule has 0 spiro atoms. The Labute approximate surface area is 112 Å². The number of H-pyrrole nitrogens is 1. The minimum atomic E-state index is -0.931. The van der Waals surface area contributed by atoms with Crippen molar-refractivity contribution in [2.75, 3.05) is 0 Å². The number of halogens is 2. The number of hydrogen-bond donors (Lipinski definition) is 1. The molecule has 0 saturated heterocycles. The highest BCUT2D eigenvalue weighted by Gasteiger charge is 2.08. The van der Waals surface area contributed by atoms with Gasteiger partial charge in [0.15, 0.2) is 11.6 Å². The van der Waals surface area contributed by atoms with E-state index in [1.807, 2.05) is 6.07 Å². The van der Waals surface area contributed by atoms with E-state index in [9.17, 15) is 13.6 Å². The van der Waals surface area contributed by atoms with Gasteiger partial charge in [-0.05, 0) is 29.8 Å². The molecule has 3 nitrogen and oxygen atoms in total. The van der Waals surface area contributed by atoms with Crippen molar-refractivity contribution >= 4 is 11.0 Å². The summed E-state index contributed by atoms with van der Waals surface area (Å²) in [5.41, 5.74) is 1.75. The second-order valence-corrected chi connectivity index (χ2v) is 4.46. The Kier molecular flexibility index (Phi) is 3.02. The second-order valence-electron chi connectivity index (χ2n) is 4.46. The number of benzene rings is 2. The SMILES string of the molecule is O=c1[nH]c2ccccc2nc1Cc1ccc(F)c(F)c1. The van der Waals surface area contributed by atoms with Gasteiger partial charge in [0.1, 0.15) is 5.69 Å². The van der Waals surface area contributed by atoms with Crippen LogP contribution in [-0.2, 0) is 6.42 Å². The Morgan fingerprint density at radius 2 is 1.85 bits per heavy atom. The average Bonchev–Trinajstić information content (AvgIpc) is 2.44. The molecule has 0 fully saturated rings. The molecule has 3 rings (SSSR count). The maximum absolute atomic E-state index is 13.2. The van der Waals surface area contributed by atoms with E-state index >= 15 is 0 Å². The standard InChI is InChI=1S/C15H10F2N2O/c16-10-6-5-9(7-11(10)17)8-14-15(20)19-13-4-2-1-3-12(13)18-14/h1-7H,8H2,(H,19,20). The van der Waals surface area contributed by atoms with Crippen LogP contribution in [0.4, 0.5) is 8.78 Å². The Morgan fingerprint density at radius 3 is 2.65 bits per heavy atom. The van der Waals surface area contributed by atoms with Crippen LogP contribution in [0.5, 0.6) is 0 Å². The van der Waals surface area contributed by atoms with Gasteiger partial charge in [0.05, 0.1) is 11.0 Å². The predicted molar refractivity (Wildman–Crippen MR) is 71.5 cm³/mol. The fraction of sp³-hybridized carbons (Fsp3) is 0.0667. The molecule has 0 unspecified atom stereocenters. The number of aromatic amines is 1. The molecule has 0 atom stereocenters. The Balaban J connectivity index is 2.03. The zero-order valence-electron chi connectivity index (χ0n) is 10.4. The van der Waals surface area contributed by atoms with E-state index in [0.29, 0.717) is 16.6 Å². The Morgan fingerprint density at radius 1 is 1.05 bits per heavy atom. The van der Waals surface area contributed by atoms with Crippen molar-refractivity contribution in [2.24, 2.45) is 0 Å². The van der Waals surface area contributed by atoms with Gasteiger partial charge >= 0.3 is 0 Å². The fourth-order valence-electron chi connectivity index (χ4n) is 2.03. The highest BCUT2D eigenvalue weighted by molar-refractivity contribution is 5.73. The highest BCUT2D eigenvalue weighted by atomic mass is 19.2. The summed E-state index contributed by atoms with van der Waals surface area (Å²) in [4.78, 5) is 18.9. The first-order chi connectivity index (χ1) is 9.63. The molecule has 0 bridgehead atoms. The van der Waals surface area contributed by atoms with Crippen molar-refractivity contribution in [1.29, 1.82) is 0 Å². The summed E-state index contributed by atoms with van der Waals surface area (Å²) < 4.78 is 26.0. The number of hydrogen-bond acceptors (Lipinski definition) is 2.